The number of hydrogen-bond acceptors (Lipinski definition) is 4. The monoisotopic (exact) mass is 418 g/mol. The number of likely N-dealkylation sites (N-methyl/N-ethyl adjacent to an activating group) is 1. The molecule has 1 heterocycles. The number of nitrogens with one attached hydrogen (secondary N) is 1. The van der Waals surface area contributed by atoms with Gasteiger partial charge < -0.3 is 14.5 Å². The number of sulfonamides is 1. The highest BCUT2D eigenvalue weighted by molar-refractivity contribution is 7.92. The van der Waals surface area contributed by atoms with E-state index in [0.29, 0.717) is 24.5 Å². The van der Waals surface area contributed by atoms with E-state index in [-0.39, 0.29) is 17.3 Å². The molecule has 1 aliphatic rings. The molecule has 3 rings (SSSR count). The summed E-state index contributed by atoms with van der Waals surface area (Å²) in [5, 5.41) is 0. The average Bonchev–Trinajstić information content (AvgIpc) is 2.78. The molecule has 0 radical (unpaired) electrons. The van der Waals surface area contributed by atoms with E-state index in [1.807, 2.05) is 0 Å². The van der Waals surface area contributed by atoms with E-state index in [4.69, 9.17) is 4.74 Å². The maximum absolute atomic E-state index is 13.3. The van der Waals surface area contributed by atoms with Crippen molar-refractivity contribution in [2.45, 2.75) is 11.8 Å². The molecular weight excluding hydrogens is 390 g/mol. The maximum atomic E-state index is 13.3. The lowest BCUT2D eigenvalue weighted by Gasteiger charge is -2.33. The molecule has 29 heavy (non-hydrogen) atoms. The minimum absolute atomic E-state index is 0.156. The predicted molar refractivity (Wildman–Crippen MR) is 112 cm³/mol. The molecule has 0 aliphatic carbocycles. The summed E-state index contributed by atoms with van der Waals surface area (Å²) in [5.74, 6) is 0.436. The molecule has 0 unspecified atom stereocenters. The molecule has 1 aliphatic heterocycles. The number of carbonyl (C=O) groups is 1. The highest BCUT2D eigenvalue weighted by Gasteiger charge is 2.30. The largest absolute Gasteiger partial charge is 0.497 e. The number of benzene rings is 2. The third-order valence-electron chi connectivity index (χ3n) is 5.29. The van der Waals surface area contributed by atoms with Gasteiger partial charge in [0.2, 0.25) is 5.91 Å². The number of methoxy groups -OCH3 is 1. The summed E-state index contributed by atoms with van der Waals surface area (Å²) in [5.41, 5.74) is 0.431. The fourth-order valence-corrected chi connectivity index (χ4v) is 4.87. The average molecular weight is 419 g/mol. The standard InChI is InChI=1S/C21H27N3O4S/c1-3-22-13-15-23(16-14-22)21(25)17-24(18-9-11-19(28-2)12-10-18)29(26,27)20-7-5-4-6-8-20/h4-12H,3,13-17H2,1-2H3/p+1. The van der Waals surface area contributed by atoms with Crippen molar-refractivity contribution < 1.29 is 22.8 Å². The van der Waals surface area contributed by atoms with Gasteiger partial charge in [-0.2, -0.15) is 0 Å². The first kappa shape index (κ1) is 21.1. The van der Waals surface area contributed by atoms with Gasteiger partial charge in [-0.05, 0) is 43.3 Å². The maximum Gasteiger partial charge on any atom is 0.264 e. The van der Waals surface area contributed by atoms with Crippen molar-refractivity contribution >= 4 is 21.6 Å². The molecule has 1 N–H and O–H groups in total. The van der Waals surface area contributed by atoms with Crippen LogP contribution in [0.1, 0.15) is 6.92 Å². The van der Waals surface area contributed by atoms with E-state index in [1.54, 1.807) is 66.6 Å². The highest BCUT2D eigenvalue weighted by Crippen LogP contribution is 2.25. The van der Waals surface area contributed by atoms with Gasteiger partial charge >= 0.3 is 0 Å². The molecule has 8 heteroatoms. The van der Waals surface area contributed by atoms with Gasteiger partial charge in [0, 0.05) is 0 Å². The molecule has 0 spiro atoms. The third-order valence-corrected chi connectivity index (χ3v) is 7.08. The Balaban J connectivity index is 1.87. The first-order valence-electron chi connectivity index (χ1n) is 9.79. The predicted octanol–water partition coefficient (Wildman–Crippen LogP) is 0.638. The second-order valence-corrected chi connectivity index (χ2v) is 8.87. The number of piperazine rings is 1. The topological polar surface area (TPSA) is 71.4 Å². The Labute approximate surface area is 172 Å². The zero-order valence-electron chi connectivity index (χ0n) is 16.9. The zero-order chi connectivity index (χ0) is 20.9. The third kappa shape index (κ3) is 4.89. The molecule has 2 aromatic carbocycles. The summed E-state index contributed by atoms with van der Waals surface area (Å²) < 4.78 is 33.0. The Kier molecular flexibility index (Phi) is 6.76. The van der Waals surface area contributed by atoms with Crippen molar-refractivity contribution in [3.8, 4) is 5.75 Å². The van der Waals surface area contributed by atoms with E-state index in [1.165, 1.54) is 9.21 Å². The second kappa shape index (κ2) is 9.28. The van der Waals surface area contributed by atoms with Gasteiger partial charge in [0.05, 0.1) is 50.4 Å². The minimum Gasteiger partial charge on any atom is -0.497 e. The minimum atomic E-state index is -3.88. The second-order valence-electron chi connectivity index (χ2n) is 7.01. The fourth-order valence-electron chi connectivity index (χ4n) is 3.43. The van der Waals surface area contributed by atoms with Gasteiger partial charge in [-0.15, -0.1) is 0 Å². The molecule has 0 atom stereocenters. The number of amides is 1. The zero-order valence-corrected chi connectivity index (χ0v) is 17.7. The van der Waals surface area contributed by atoms with Crippen molar-refractivity contribution in [3.05, 3.63) is 54.6 Å². The molecule has 156 valence electrons. The van der Waals surface area contributed by atoms with Crippen LogP contribution in [-0.4, -0.2) is 65.6 Å². The van der Waals surface area contributed by atoms with E-state index in [9.17, 15) is 13.2 Å². The van der Waals surface area contributed by atoms with Crippen molar-refractivity contribution in [1.82, 2.24) is 4.90 Å². The Morgan fingerprint density at radius 2 is 1.69 bits per heavy atom. The molecule has 1 saturated heterocycles. The van der Waals surface area contributed by atoms with Crippen LogP contribution in [0.5, 0.6) is 5.75 Å². The van der Waals surface area contributed by atoms with Crippen molar-refractivity contribution in [3.63, 3.8) is 0 Å². The Bertz CT molecular complexity index is 909. The Morgan fingerprint density at radius 3 is 2.24 bits per heavy atom. The quantitative estimate of drug-likeness (QED) is 0.716. The summed E-state index contributed by atoms with van der Waals surface area (Å²) in [6, 6.07) is 14.9. The van der Waals surface area contributed by atoms with Crippen LogP contribution in [0.3, 0.4) is 0 Å². The summed E-state index contributed by atoms with van der Waals surface area (Å²) in [6.45, 7) is 5.98. The van der Waals surface area contributed by atoms with Gasteiger partial charge in [-0.25, -0.2) is 8.42 Å². The van der Waals surface area contributed by atoms with Gasteiger partial charge in [0.25, 0.3) is 10.0 Å². The molecule has 0 saturated carbocycles. The molecule has 1 amide bonds. The van der Waals surface area contributed by atoms with Crippen LogP contribution in [0.25, 0.3) is 0 Å². The van der Waals surface area contributed by atoms with Crippen LogP contribution in [-0.2, 0) is 14.8 Å². The van der Waals surface area contributed by atoms with E-state index in [2.05, 4.69) is 6.92 Å². The number of rotatable bonds is 7. The van der Waals surface area contributed by atoms with E-state index in [0.717, 1.165) is 19.6 Å². The molecule has 2 aromatic rings. The molecule has 1 fully saturated rings. The van der Waals surface area contributed by atoms with Crippen molar-refractivity contribution in [2.75, 3.05) is 50.7 Å². The van der Waals surface area contributed by atoms with Gasteiger partial charge in [-0.3, -0.25) is 9.10 Å². The summed E-state index contributed by atoms with van der Waals surface area (Å²) in [6.07, 6.45) is 0. The number of nitrogens with zero attached hydrogens (tertiary/aromatic N) is 2. The van der Waals surface area contributed by atoms with Gasteiger partial charge in [-0.1, -0.05) is 18.2 Å². The number of anilines is 1. The van der Waals surface area contributed by atoms with Crippen LogP contribution in [0.15, 0.2) is 59.5 Å². The normalized spacial score (nSPS) is 15.2. The van der Waals surface area contributed by atoms with Gasteiger partial charge in [0.1, 0.15) is 12.3 Å². The summed E-state index contributed by atoms with van der Waals surface area (Å²) >= 11 is 0. The lowest BCUT2D eigenvalue weighted by molar-refractivity contribution is -0.902. The van der Waals surface area contributed by atoms with Crippen molar-refractivity contribution in [1.29, 1.82) is 0 Å². The molecule has 0 aromatic heterocycles. The van der Waals surface area contributed by atoms with Crippen LogP contribution < -0.4 is 13.9 Å². The summed E-state index contributed by atoms with van der Waals surface area (Å²) in [4.78, 5) is 16.3. The number of carbonyl (C=O) groups excluding carboxylic acids is 1. The van der Waals surface area contributed by atoms with Crippen LogP contribution in [0.2, 0.25) is 0 Å². The SMILES string of the molecule is CC[NH+]1CCN(C(=O)CN(c2ccc(OC)cc2)S(=O)(=O)c2ccccc2)CC1. The van der Waals surface area contributed by atoms with Crippen LogP contribution in [0.4, 0.5) is 5.69 Å². The lowest BCUT2D eigenvalue weighted by atomic mass is 10.3. The molecular formula is C21H28N3O4S+. The number of hydrogen-bond donors (Lipinski definition) is 1. The van der Waals surface area contributed by atoms with E-state index >= 15 is 0 Å². The number of ether oxygens (including phenoxy) is 1. The van der Waals surface area contributed by atoms with Crippen LogP contribution in [0, 0.1) is 0 Å². The molecule has 7 nitrogen and oxygen atoms in total. The first-order valence-corrected chi connectivity index (χ1v) is 11.2. The Hall–Kier alpha value is -2.58. The van der Waals surface area contributed by atoms with Gasteiger partial charge in [0.15, 0.2) is 0 Å². The number of quaternary nitrogens is 1. The first-order chi connectivity index (χ1) is 14.0. The highest BCUT2D eigenvalue weighted by atomic mass is 32.2. The smallest absolute Gasteiger partial charge is 0.264 e. The lowest BCUT2D eigenvalue weighted by Crippen LogP contribution is -3.14. The summed E-state index contributed by atoms with van der Waals surface area (Å²) in [7, 11) is -2.33. The fraction of sp³-hybridized carbons (Fsp3) is 0.381. The van der Waals surface area contributed by atoms with Crippen molar-refractivity contribution in [2.24, 2.45) is 0 Å². The van der Waals surface area contributed by atoms with E-state index < -0.39 is 10.0 Å². The Morgan fingerprint density at radius 1 is 1.07 bits per heavy atom. The van der Waals surface area contributed by atoms with Crippen LogP contribution >= 0.6 is 0 Å². The molecule has 0 bridgehead atoms.